The number of carbonyl (C=O) groups is 1. The van der Waals surface area contributed by atoms with E-state index in [0.29, 0.717) is 33.5 Å². The molecule has 0 radical (unpaired) electrons. The standard InChI is InChI=1S/C13H19ClOS/c14-8-5-6-10-12(7-8)16-11-4-2-1-3-9(11)13(10)15/h8-12H,1-7H2. The summed E-state index contributed by atoms with van der Waals surface area (Å²) in [5.41, 5.74) is 0. The van der Waals surface area contributed by atoms with Crippen molar-refractivity contribution in [2.45, 2.75) is 60.8 Å². The zero-order valence-electron chi connectivity index (χ0n) is 9.53. The molecule has 5 atom stereocenters. The lowest BCUT2D eigenvalue weighted by atomic mass is 9.75. The fraction of sp³-hybridized carbons (Fsp3) is 0.923. The fourth-order valence-electron chi connectivity index (χ4n) is 3.64. The molecule has 90 valence electrons. The van der Waals surface area contributed by atoms with Crippen LogP contribution in [0.15, 0.2) is 0 Å². The molecule has 0 bridgehead atoms. The summed E-state index contributed by atoms with van der Waals surface area (Å²) in [6.45, 7) is 0. The first-order chi connectivity index (χ1) is 7.75. The third-order valence-corrected chi connectivity index (χ3v) is 6.69. The van der Waals surface area contributed by atoms with Gasteiger partial charge in [0.1, 0.15) is 5.78 Å². The molecule has 0 spiro atoms. The van der Waals surface area contributed by atoms with E-state index in [1.165, 1.54) is 19.3 Å². The number of carbonyl (C=O) groups excluding carboxylic acids is 1. The third kappa shape index (κ3) is 1.92. The Morgan fingerprint density at radius 3 is 2.62 bits per heavy atom. The van der Waals surface area contributed by atoms with Gasteiger partial charge >= 0.3 is 0 Å². The molecule has 0 aromatic rings. The van der Waals surface area contributed by atoms with Crippen LogP contribution in [0.3, 0.4) is 0 Å². The van der Waals surface area contributed by atoms with Gasteiger partial charge in [0.05, 0.1) is 0 Å². The highest BCUT2D eigenvalue weighted by Gasteiger charge is 2.46. The highest BCUT2D eigenvalue weighted by atomic mass is 35.5. The lowest BCUT2D eigenvalue weighted by molar-refractivity contribution is -0.128. The average Bonchev–Trinajstić information content (AvgIpc) is 2.29. The minimum absolute atomic E-state index is 0.321. The van der Waals surface area contributed by atoms with Gasteiger partial charge in [-0.3, -0.25) is 4.79 Å². The molecule has 3 heteroatoms. The van der Waals surface area contributed by atoms with Crippen LogP contribution in [0.2, 0.25) is 0 Å². The Hall–Kier alpha value is 0.310. The van der Waals surface area contributed by atoms with E-state index in [4.69, 9.17) is 11.6 Å². The van der Waals surface area contributed by atoms with Gasteiger partial charge in [-0.05, 0) is 32.1 Å². The van der Waals surface area contributed by atoms with Crippen LogP contribution in [0.4, 0.5) is 0 Å². The maximum absolute atomic E-state index is 12.4. The molecule has 3 rings (SSSR count). The Labute approximate surface area is 107 Å². The van der Waals surface area contributed by atoms with Crippen molar-refractivity contribution in [1.82, 2.24) is 0 Å². The largest absolute Gasteiger partial charge is 0.299 e. The van der Waals surface area contributed by atoms with Gasteiger partial charge in [-0.1, -0.05) is 12.8 Å². The monoisotopic (exact) mass is 258 g/mol. The molecule has 1 nitrogen and oxygen atoms in total. The maximum Gasteiger partial charge on any atom is 0.141 e. The first kappa shape index (κ1) is 11.4. The van der Waals surface area contributed by atoms with Crippen molar-refractivity contribution < 1.29 is 4.79 Å². The van der Waals surface area contributed by atoms with E-state index in [2.05, 4.69) is 11.8 Å². The molecule has 0 amide bonds. The van der Waals surface area contributed by atoms with E-state index in [1.54, 1.807) is 0 Å². The van der Waals surface area contributed by atoms with Gasteiger partial charge < -0.3 is 0 Å². The quantitative estimate of drug-likeness (QED) is 0.617. The molecular weight excluding hydrogens is 240 g/mol. The Morgan fingerprint density at radius 2 is 1.75 bits per heavy atom. The molecule has 0 aromatic heterocycles. The van der Waals surface area contributed by atoms with Crippen LogP contribution in [0.25, 0.3) is 0 Å². The Bertz CT molecular complexity index is 294. The van der Waals surface area contributed by atoms with Gasteiger partial charge in [-0.15, -0.1) is 11.6 Å². The summed E-state index contributed by atoms with van der Waals surface area (Å²) in [7, 11) is 0. The molecule has 16 heavy (non-hydrogen) atoms. The van der Waals surface area contributed by atoms with Gasteiger partial charge in [0.2, 0.25) is 0 Å². The molecule has 1 aliphatic heterocycles. The van der Waals surface area contributed by atoms with Crippen molar-refractivity contribution in [3.63, 3.8) is 0 Å². The third-order valence-electron chi connectivity index (χ3n) is 4.51. The zero-order chi connectivity index (χ0) is 11.1. The second-order valence-corrected chi connectivity index (χ2v) is 7.62. The molecule has 3 fully saturated rings. The van der Waals surface area contributed by atoms with Crippen molar-refractivity contribution in [3.05, 3.63) is 0 Å². The second kappa shape index (κ2) is 4.53. The summed E-state index contributed by atoms with van der Waals surface area (Å²) in [5, 5.41) is 1.49. The van der Waals surface area contributed by atoms with E-state index in [9.17, 15) is 4.79 Å². The molecule has 2 saturated carbocycles. The van der Waals surface area contributed by atoms with Crippen molar-refractivity contribution in [1.29, 1.82) is 0 Å². The number of Topliss-reactive ketones (excluding diaryl/α,β-unsaturated/α-hetero) is 1. The van der Waals surface area contributed by atoms with Crippen LogP contribution in [0.1, 0.15) is 44.9 Å². The highest BCUT2D eigenvalue weighted by Crippen LogP contribution is 2.49. The number of hydrogen-bond acceptors (Lipinski definition) is 2. The molecule has 1 saturated heterocycles. The van der Waals surface area contributed by atoms with Gasteiger partial charge in [-0.25, -0.2) is 0 Å². The molecule has 5 unspecified atom stereocenters. The summed E-state index contributed by atoms with van der Waals surface area (Å²) in [4.78, 5) is 12.4. The lowest BCUT2D eigenvalue weighted by Crippen LogP contribution is -2.46. The Morgan fingerprint density at radius 1 is 1.00 bits per heavy atom. The second-order valence-electron chi connectivity index (χ2n) is 5.52. The summed E-state index contributed by atoms with van der Waals surface area (Å²) < 4.78 is 0. The van der Waals surface area contributed by atoms with Crippen molar-refractivity contribution in [2.24, 2.45) is 11.8 Å². The summed E-state index contributed by atoms with van der Waals surface area (Å²) in [6.07, 6.45) is 8.17. The first-order valence-electron chi connectivity index (χ1n) is 6.59. The van der Waals surface area contributed by atoms with Gasteiger partial charge in [0, 0.05) is 27.7 Å². The van der Waals surface area contributed by atoms with Crippen LogP contribution >= 0.6 is 23.4 Å². The molecule has 0 N–H and O–H groups in total. The van der Waals surface area contributed by atoms with Crippen molar-refractivity contribution >= 4 is 29.1 Å². The number of fused-ring (bicyclic) bond motifs is 2. The number of hydrogen-bond donors (Lipinski definition) is 0. The Balaban J connectivity index is 1.78. The van der Waals surface area contributed by atoms with Crippen molar-refractivity contribution in [2.75, 3.05) is 0 Å². The van der Waals surface area contributed by atoms with Gasteiger partial charge in [0.15, 0.2) is 0 Å². The highest BCUT2D eigenvalue weighted by molar-refractivity contribution is 8.00. The summed E-state index contributed by atoms with van der Waals surface area (Å²) >= 11 is 8.34. The van der Waals surface area contributed by atoms with Crippen LogP contribution in [0.5, 0.6) is 0 Å². The average molecular weight is 259 g/mol. The number of rotatable bonds is 0. The predicted molar refractivity (Wildman–Crippen MR) is 69.1 cm³/mol. The number of ketones is 1. The number of halogens is 1. The molecule has 3 aliphatic rings. The SMILES string of the molecule is O=C1C2CCCCC2SC2CC(Cl)CCC12. The predicted octanol–water partition coefficient (Wildman–Crippen LogP) is 3.64. The lowest BCUT2D eigenvalue weighted by Gasteiger charge is -2.45. The van der Waals surface area contributed by atoms with Gasteiger partial charge in [-0.2, -0.15) is 11.8 Å². The van der Waals surface area contributed by atoms with Crippen LogP contribution in [-0.4, -0.2) is 21.7 Å². The normalized spacial score (nSPS) is 48.3. The molecular formula is C13H19ClOS. The maximum atomic E-state index is 12.4. The zero-order valence-corrected chi connectivity index (χ0v) is 11.1. The number of thioether (sulfide) groups is 1. The smallest absolute Gasteiger partial charge is 0.141 e. The van der Waals surface area contributed by atoms with Crippen molar-refractivity contribution in [3.8, 4) is 0 Å². The molecule has 0 aromatic carbocycles. The minimum Gasteiger partial charge on any atom is -0.299 e. The molecule has 2 aliphatic carbocycles. The summed E-state index contributed by atoms with van der Waals surface area (Å²) in [5.74, 6) is 1.34. The summed E-state index contributed by atoms with van der Waals surface area (Å²) in [6, 6.07) is 0. The van der Waals surface area contributed by atoms with E-state index in [1.807, 2.05) is 0 Å². The van der Waals surface area contributed by atoms with Gasteiger partial charge in [0.25, 0.3) is 0 Å². The first-order valence-corrected chi connectivity index (χ1v) is 7.97. The van der Waals surface area contributed by atoms with E-state index in [0.717, 1.165) is 25.7 Å². The van der Waals surface area contributed by atoms with Crippen LogP contribution in [-0.2, 0) is 4.79 Å². The minimum atomic E-state index is 0.321. The fourth-order valence-corrected chi connectivity index (χ4v) is 6.08. The van der Waals surface area contributed by atoms with Crippen LogP contribution in [0, 0.1) is 11.8 Å². The van der Waals surface area contributed by atoms with Crippen LogP contribution < -0.4 is 0 Å². The molecule has 1 heterocycles. The topological polar surface area (TPSA) is 17.1 Å². The van der Waals surface area contributed by atoms with E-state index in [-0.39, 0.29) is 0 Å². The van der Waals surface area contributed by atoms with E-state index < -0.39 is 0 Å². The van der Waals surface area contributed by atoms with E-state index >= 15 is 0 Å². The number of alkyl halides is 1. The Kier molecular flexibility index (Phi) is 3.23.